The summed E-state index contributed by atoms with van der Waals surface area (Å²) in [5.41, 5.74) is 0. The lowest BCUT2D eigenvalue weighted by Gasteiger charge is -2.40. The highest BCUT2D eigenvalue weighted by molar-refractivity contribution is 7.85. The second kappa shape index (κ2) is 37.0. The molecular formula is C46H86O12S. The quantitative estimate of drug-likeness (QED) is 0.0198. The average molecular weight is 863 g/mol. The maximum absolute atomic E-state index is 12.8. The molecule has 4 N–H and O–H groups in total. The maximum atomic E-state index is 12.8. The molecule has 2 unspecified atom stereocenters. The van der Waals surface area contributed by atoms with Gasteiger partial charge in [-0.1, -0.05) is 174 Å². The molecule has 6 atom stereocenters. The van der Waals surface area contributed by atoms with Crippen LogP contribution >= 0.6 is 0 Å². The summed E-state index contributed by atoms with van der Waals surface area (Å²) in [4.78, 5) is 25.4. The van der Waals surface area contributed by atoms with Crippen molar-refractivity contribution in [3.05, 3.63) is 12.2 Å². The average Bonchev–Trinajstić information content (AvgIpc) is 3.20. The van der Waals surface area contributed by atoms with Crippen molar-refractivity contribution in [2.45, 2.75) is 250 Å². The highest BCUT2D eigenvalue weighted by Crippen LogP contribution is 2.24. The van der Waals surface area contributed by atoms with Gasteiger partial charge in [0.2, 0.25) is 0 Å². The fourth-order valence-corrected chi connectivity index (χ4v) is 8.07. The molecule has 1 rings (SSSR count). The van der Waals surface area contributed by atoms with Gasteiger partial charge in [-0.15, -0.1) is 0 Å². The molecule has 0 radical (unpaired) electrons. The number of allylic oxidation sites excluding steroid dienone is 2. The summed E-state index contributed by atoms with van der Waals surface area (Å²) in [7, 11) is -4.60. The summed E-state index contributed by atoms with van der Waals surface area (Å²) < 4.78 is 54.1. The molecule has 1 saturated heterocycles. The first-order valence-corrected chi connectivity index (χ1v) is 25.4. The van der Waals surface area contributed by atoms with Gasteiger partial charge >= 0.3 is 11.9 Å². The lowest BCUT2D eigenvalue weighted by molar-refractivity contribution is -0.297. The second-order valence-corrected chi connectivity index (χ2v) is 18.3. The molecule has 0 aromatic heterocycles. The summed E-state index contributed by atoms with van der Waals surface area (Å²) in [6, 6.07) is 0. The minimum absolute atomic E-state index is 0.168. The molecule has 0 aromatic carbocycles. The SMILES string of the molecule is CCCCCC/C=C/CCCCCCCC(=O)OC[C@H](CO[C@H]1O[C@H](CS(=O)(=O)O)[C@@H](O)C(O)C1O)OC(=O)CCCCCCCCCCCCCCCCCCCC. The van der Waals surface area contributed by atoms with Gasteiger partial charge in [0.15, 0.2) is 12.4 Å². The topological polar surface area (TPSA) is 186 Å². The van der Waals surface area contributed by atoms with E-state index >= 15 is 0 Å². The largest absolute Gasteiger partial charge is 0.462 e. The van der Waals surface area contributed by atoms with Crippen LogP contribution in [0.2, 0.25) is 0 Å². The van der Waals surface area contributed by atoms with Crippen LogP contribution in [0.3, 0.4) is 0 Å². The summed E-state index contributed by atoms with van der Waals surface area (Å²) in [6.07, 6.45) is 29.7. The zero-order valence-corrected chi connectivity index (χ0v) is 37.9. The Balaban J connectivity index is 2.41. The first-order chi connectivity index (χ1) is 28.5. The number of esters is 2. The molecule has 13 heteroatoms. The summed E-state index contributed by atoms with van der Waals surface area (Å²) in [5, 5.41) is 30.9. The molecule has 0 aromatic rings. The van der Waals surface area contributed by atoms with Gasteiger partial charge in [0, 0.05) is 12.8 Å². The molecule has 1 fully saturated rings. The molecular weight excluding hydrogens is 777 g/mol. The number of aliphatic hydroxyl groups excluding tert-OH is 3. The van der Waals surface area contributed by atoms with Crippen LogP contribution < -0.4 is 0 Å². The van der Waals surface area contributed by atoms with Gasteiger partial charge in [-0.05, 0) is 38.5 Å². The van der Waals surface area contributed by atoms with E-state index in [1.54, 1.807) is 0 Å². The number of carbonyl (C=O) groups is 2. The van der Waals surface area contributed by atoms with Crippen molar-refractivity contribution in [3.63, 3.8) is 0 Å². The number of rotatable bonds is 40. The van der Waals surface area contributed by atoms with Crippen molar-refractivity contribution in [3.8, 4) is 0 Å². The molecule has 0 aliphatic carbocycles. The van der Waals surface area contributed by atoms with Crippen LogP contribution in [-0.2, 0) is 38.7 Å². The number of carbonyl (C=O) groups excluding carboxylic acids is 2. The van der Waals surface area contributed by atoms with Gasteiger partial charge in [0.25, 0.3) is 10.1 Å². The molecule has 1 aliphatic heterocycles. The Morgan fingerprint density at radius 3 is 1.42 bits per heavy atom. The smallest absolute Gasteiger partial charge is 0.306 e. The number of hydrogen-bond donors (Lipinski definition) is 4. The van der Waals surface area contributed by atoms with Crippen LogP contribution in [0, 0.1) is 0 Å². The Morgan fingerprint density at radius 2 is 0.966 bits per heavy atom. The van der Waals surface area contributed by atoms with Crippen LogP contribution in [0.5, 0.6) is 0 Å². The predicted octanol–water partition coefficient (Wildman–Crippen LogP) is 9.84. The standard InChI is InChI=1S/C46H86O12S/c1-3-5-7-9-11-13-15-17-18-19-20-21-23-25-27-29-31-33-35-42(48)57-39(37-56-46-45(51)44(50)43(49)40(58-46)38-59(52,53)54)36-55-41(47)34-32-30-28-26-24-22-16-14-12-10-8-6-4-2/h14,16,39-40,43-46,49-51H,3-13,15,17-38H2,1-2H3,(H,52,53,54)/b16-14+/t39-,40-,43-,44?,45?,46+/m1/s1. The third-order valence-electron chi connectivity index (χ3n) is 11.1. The van der Waals surface area contributed by atoms with E-state index < -0.39 is 71.2 Å². The van der Waals surface area contributed by atoms with Crippen molar-refractivity contribution < 1.29 is 56.8 Å². The number of hydrogen-bond acceptors (Lipinski definition) is 11. The Labute approximate surface area is 358 Å². The van der Waals surface area contributed by atoms with Crippen molar-refractivity contribution in [1.82, 2.24) is 0 Å². The van der Waals surface area contributed by atoms with Crippen LogP contribution in [0.1, 0.15) is 213 Å². The zero-order valence-electron chi connectivity index (χ0n) is 37.1. The van der Waals surface area contributed by atoms with Crippen molar-refractivity contribution in [2.24, 2.45) is 0 Å². The summed E-state index contributed by atoms with van der Waals surface area (Å²) in [6.45, 7) is 3.76. The molecule has 0 spiro atoms. The number of ether oxygens (including phenoxy) is 4. The second-order valence-electron chi connectivity index (χ2n) is 16.8. The molecule has 0 saturated carbocycles. The van der Waals surface area contributed by atoms with Gasteiger partial charge in [0.05, 0.1) is 6.61 Å². The molecule has 12 nitrogen and oxygen atoms in total. The Bertz CT molecular complexity index is 1150. The van der Waals surface area contributed by atoms with Gasteiger partial charge in [-0.3, -0.25) is 14.1 Å². The van der Waals surface area contributed by atoms with E-state index in [1.165, 1.54) is 116 Å². The molecule has 0 amide bonds. The Hall–Kier alpha value is -1.61. The third kappa shape index (κ3) is 31.8. The third-order valence-corrected chi connectivity index (χ3v) is 11.8. The van der Waals surface area contributed by atoms with E-state index in [0.29, 0.717) is 12.8 Å². The molecule has 1 aliphatic rings. The van der Waals surface area contributed by atoms with Crippen LogP contribution in [0.15, 0.2) is 12.2 Å². The van der Waals surface area contributed by atoms with Crippen LogP contribution in [0.4, 0.5) is 0 Å². The van der Waals surface area contributed by atoms with Crippen molar-refractivity contribution in [2.75, 3.05) is 19.0 Å². The zero-order chi connectivity index (χ0) is 43.4. The fourth-order valence-electron chi connectivity index (χ4n) is 7.38. The fraction of sp³-hybridized carbons (Fsp3) is 0.913. The van der Waals surface area contributed by atoms with E-state index in [0.717, 1.165) is 57.8 Å². The number of unbranched alkanes of at least 4 members (excludes halogenated alkanes) is 26. The lowest BCUT2D eigenvalue weighted by atomic mass is 10.00. The molecule has 59 heavy (non-hydrogen) atoms. The normalized spacial score (nSPS) is 20.3. The van der Waals surface area contributed by atoms with E-state index in [2.05, 4.69) is 26.0 Å². The first kappa shape index (κ1) is 55.4. The molecule has 0 bridgehead atoms. The van der Waals surface area contributed by atoms with Crippen molar-refractivity contribution in [1.29, 1.82) is 0 Å². The first-order valence-electron chi connectivity index (χ1n) is 23.7. The Kier molecular flexibility index (Phi) is 34.7. The predicted molar refractivity (Wildman–Crippen MR) is 234 cm³/mol. The van der Waals surface area contributed by atoms with E-state index in [9.17, 15) is 37.9 Å². The summed E-state index contributed by atoms with van der Waals surface area (Å²) in [5.74, 6) is -1.98. The van der Waals surface area contributed by atoms with Gasteiger partial charge in [-0.25, -0.2) is 0 Å². The molecule has 348 valence electrons. The van der Waals surface area contributed by atoms with Gasteiger partial charge < -0.3 is 34.3 Å². The van der Waals surface area contributed by atoms with Crippen molar-refractivity contribution >= 4 is 22.1 Å². The maximum Gasteiger partial charge on any atom is 0.306 e. The highest BCUT2D eigenvalue weighted by atomic mass is 32.2. The molecule has 1 heterocycles. The minimum Gasteiger partial charge on any atom is -0.462 e. The summed E-state index contributed by atoms with van der Waals surface area (Å²) >= 11 is 0. The highest BCUT2D eigenvalue weighted by Gasteiger charge is 2.46. The lowest BCUT2D eigenvalue weighted by Crippen LogP contribution is -2.60. The minimum atomic E-state index is -4.60. The Morgan fingerprint density at radius 1 is 0.559 bits per heavy atom. The van der Waals surface area contributed by atoms with Crippen LogP contribution in [0.25, 0.3) is 0 Å². The number of aliphatic hydroxyl groups is 3. The van der Waals surface area contributed by atoms with Gasteiger partial charge in [0.1, 0.15) is 36.8 Å². The van der Waals surface area contributed by atoms with E-state index in [1.807, 2.05) is 0 Å². The van der Waals surface area contributed by atoms with E-state index in [4.69, 9.17) is 18.9 Å². The monoisotopic (exact) mass is 863 g/mol. The van der Waals surface area contributed by atoms with E-state index in [-0.39, 0.29) is 19.4 Å². The van der Waals surface area contributed by atoms with Gasteiger partial charge in [-0.2, -0.15) is 8.42 Å². The van der Waals surface area contributed by atoms with Crippen LogP contribution in [-0.4, -0.2) is 96.0 Å².